The zero-order valence-electron chi connectivity index (χ0n) is 9.82. The fourth-order valence-corrected chi connectivity index (χ4v) is 1.70. The maximum atomic E-state index is 11.3. The first kappa shape index (κ1) is 12.6. The summed E-state index contributed by atoms with van der Waals surface area (Å²) in [6.07, 6.45) is 6.53. The van der Waals surface area contributed by atoms with E-state index in [1.54, 1.807) is 25.2 Å². The van der Waals surface area contributed by atoms with Gasteiger partial charge in [-0.15, -0.1) is 6.58 Å². The normalized spacial score (nSPS) is 24.4. The average molecular weight is 222 g/mol. The second-order valence-corrected chi connectivity index (χ2v) is 4.13. The number of allylic oxidation sites excluding steroid dienone is 2. The van der Waals surface area contributed by atoms with Gasteiger partial charge in [-0.2, -0.15) is 0 Å². The number of rotatable bonds is 4. The molecule has 16 heavy (non-hydrogen) atoms. The van der Waals surface area contributed by atoms with Gasteiger partial charge in [0.15, 0.2) is 0 Å². The Labute approximate surface area is 96.1 Å². The molecule has 0 radical (unpaired) electrons. The van der Waals surface area contributed by atoms with Gasteiger partial charge in [-0.1, -0.05) is 13.0 Å². The van der Waals surface area contributed by atoms with Crippen LogP contribution in [-0.4, -0.2) is 16.7 Å². The molecule has 1 aliphatic rings. The summed E-state index contributed by atoms with van der Waals surface area (Å²) < 4.78 is 5.35. The number of ether oxygens (including phenoxy) is 1. The molecule has 0 amide bonds. The Bertz CT molecular complexity index is 352. The highest BCUT2D eigenvalue weighted by atomic mass is 16.6. The summed E-state index contributed by atoms with van der Waals surface area (Å²) in [4.78, 5) is 11.3. The lowest BCUT2D eigenvalue weighted by molar-refractivity contribution is -0.153. The van der Waals surface area contributed by atoms with E-state index in [-0.39, 0.29) is 11.7 Å². The number of aliphatic hydroxyl groups excluding tert-OH is 1. The first-order valence-electron chi connectivity index (χ1n) is 5.43. The van der Waals surface area contributed by atoms with Crippen LogP contribution < -0.4 is 0 Å². The van der Waals surface area contributed by atoms with E-state index in [2.05, 4.69) is 6.58 Å². The van der Waals surface area contributed by atoms with Crippen LogP contribution in [0.5, 0.6) is 0 Å². The highest BCUT2D eigenvalue weighted by molar-refractivity contribution is 5.69. The van der Waals surface area contributed by atoms with Gasteiger partial charge in [0.2, 0.25) is 0 Å². The van der Waals surface area contributed by atoms with Crippen molar-refractivity contribution in [2.75, 3.05) is 0 Å². The zero-order chi connectivity index (χ0) is 12.2. The summed E-state index contributed by atoms with van der Waals surface area (Å²) in [6, 6.07) is 0. The van der Waals surface area contributed by atoms with Crippen molar-refractivity contribution in [3.8, 4) is 0 Å². The van der Waals surface area contributed by atoms with Crippen molar-refractivity contribution in [2.45, 2.75) is 38.7 Å². The van der Waals surface area contributed by atoms with Crippen LogP contribution in [0.1, 0.15) is 33.1 Å². The molecule has 1 atom stereocenters. The number of aliphatic hydroxyl groups is 1. The van der Waals surface area contributed by atoms with Gasteiger partial charge < -0.3 is 9.84 Å². The molecule has 1 unspecified atom stereocenters. The Hall–Kier alpha value is -1.51. The van der Waals surface area contributed by atoms with Crippen molar-refractivity contribution < 1.29 is 14.6 Å². The fourth-order valence-electron chi connectivity index (χ4n) is 1.70. The lowest BCUT2D eigenvalue weighted by Crippen LogP contribution is -2.31. The Morgan fingerprint density at radius 3 is 3.00 bits per heavy atom. The van der Waals surface area contributed by atoms with E-state index < -0.39 is 5.60 Å². The standard InChI is InChI=1S/C13H18O3/c1-4-6-10-9-13(3,8-7-11(10)14)16-12(15)5-2/h4,7-8,14H,1,5-6,9H2,2-3H3. The molecule has 0 spiro atoms. The molecule has 1 aliphatic carbocycles. The van der Waals surface area contributed by atoms with Crippen LogP contribution in [0, 0.1) is 0 Å². The molecule has 88 valence electrons. The Kier molecular flexibility index (Phi) is 3.93. The lowest BCUT2D eigenvalue weighted by atomic mass is 9.88. The minimum Gasteiger partial charge on any atom is -0.508 e. The van der Waals surface area contributed by atoms with Crippen LogP contribution in [0.4, 0.5) is 0 Å². The molecular weight excluding hydrogens is 204 g/mol. The summed E-state index contributed by atoms with van der Waals surface area (Å²) in [7, 11) is 0. The van der Waals surface area contributed by atoms with Gasteiger partial charge >= 0.3 is 5.97 Å². The van der Waals surface area contributed by atoms with Crippen molar-refractivity contribution in [3.63, 3.8) is 0 Å². The predicted octanol–water partition coefficient (Wildman–Crippen LogP) is 3.05. The Morgan fingerprint density at radius 1 is 1.75 bits per heavy atom. The van der Waals surface area contributed by atoms with Crippen LogP contribution in [0.15, 0.2) is 36.1 Å². The summed E-state index contributed by atoms with van der Waals surface area (Å²) >= 11 is 0. The van der Waals surface area contributed by atoms with Crippen LogP contribution in [0.3, 0.4) is 0 Å². The number of esters is 1. The SMILES string of the molecule is C=CCC1=C(O)C=CC(C)(OC(=O)CC)C1. The molecule has 0 aromatic carbocycles. The van der Waals surface area contributed by atoms with E-state index >= 15 is 0 Å². The molecule has 0 aromatic rings. The number of hydrogen-bond acceptors (Lipinski definition) is 3. The average Bonchev–Trinajstić information content (AvgIpc) is 2.24. The molecule has 0 aliphatic heterocycles. The molecule has 0 saturated heterocycles. The fraction of sp³-hybridized carbons (Fsp3) is 0.462. The minimum atomic E-state index is -0.641. The van der Waals surface area contributed by atoms with Crippen LogP contribution in [0.25, 0.3) is 0 Å². The molecule has 0 aromatic heterocycles. The molecular formula is C13H18O3. The monoisotopic (exact) mass is 222 g/mol. The van der Waals surface area contributed by atoms with Gasteiger partial charge in [-0.25, -0.2) is 0 Å². The molecule has 0 saturated carbocycles. The Morgan fingerprint density at radius 2 is 2.44 bits per heavy atom. The second-order valence-electron chi connectivity index (χ2n) is 4.13. The highest BCUT2D eigenvalue weighted by Crippen LogP contribution is 2.31. The predicted molar refractivity (Wildman–Crippen MR) is 63.0 cm³/mol. The van der Waals surface area contributed by atoms with Crippen LogP contribution in [0.2, 0.25) is 0 Å². The molecule has 3 nitrogen and oxygen atoms in total. The second kappa shape index (κ2) is 5.01. The van der Waals surface area contributed by atoms with E-state index in [4.69, 9.17) is 4.74 Å². The topological polar surface area (TPSA) is 46.5 Å². The first-order valence-corrected chi connectivity index (χ1v) is 5.43. The van der Waals surface area contributed by atoms with Gasteiger partial charge in [0.1, 0.15) is 11.4 Å². The summed E-state index contributed by atoms with van der Waals surface area (Å²) in [6.45, 7) is 7.24. The zero-order valence-corrected chi connectivity index (χ0v) is 9.82. The van der Waals surface area contributed by atoms with Gasteiger partial charge in [0.05, 0.1) is 0 Å². The van der Waals surface area contributed by atoms with Gasteiger partial charge in [0, 0.05) is 12.8 Å². The largest absolute Gasteiger partial charge is 0.508 e. The molecule has 1 rings (SSSR count). The van der Waals surface area contributed by atoms with Crippen molar-refractivity contribution in [1.82, 2.24) is 0 Å². The molecule has 0 bridgehead atoms. The third kappa shape index (κ3) is 2.99. The van der Waals surface area contributed by atoms with E-state index in [9.17, 15) is 9.90 Å². The number of carbonyl (C=O) groups is 1. The van der Waals surface area contributed by atoms with E-state index in [1.165, 1.54) is 0 Å². The summed E-state index contributed by atoms with van der Waals surface area (Å²) in [5.41, 5.74) is 0.210. The van der Waals surface area contributed by atoms with Gasteiger partial charge in [-0.3, -0.25) is 4.79 Å². The van der Waals surface area contributed by atoms with Gasteiger partial charge in [-0.05, 0) is 31.1 Å². The molecule has 3 heteroatoms. The maximum absolute atomic E-state index is 11.3. The van der Waals surface area contributed by atoms with E-state index in [0.29, 0.717) is 19.3 Å². The first-order chi connectivity index (χ1) is 7.50. The third-order valence-corrected chi connectivity index (χ3v) is 2.55. The van der Waals surface area contributed by atoms with Crippen LogP contribution >= 0.6 is 0 Å². The Balaban J connectivity index is 2.78. The minimum absolute atomic E-state index is 0.230. The smallest absolute Gasteiger partial charge is 0.306 e. The number of hydrogen-bond donors (Lipinski definition) is 1. The number of carbonyl (C=O) groups excluding carboxylic acids is 1. The maximum Gasteiger partial charge on any atom is 0.306 e. The van der Waals surface area contributed by atoms with Crippen molar-refractivity contribution >= 4 is 5.97 Å². The summed E-state index contributed by atoms with van der Waals surface area (Å²) in [5, 5.41) is 9.63. The van der Waals surface area contributed by atoms with Crippen molar-refractivity contribution in [3.05, 3.63) is 36.1 Å². The quantitative estimate of drug-likeness (QED) is 0.587. The van der Waals surface area contributed by atoms with E-state index in [0.717, 1.165) is 5.57 Å². The van der Waals surface area contributed by atoms with Gasteiger partial charge in [0.25, 0.3) is 0 Å². The van der Waals surface area contributed by atoms with Crippen LogP contribution in [-0.2, 0) is 9.53 Å². The molecule has 1 N–H and O–H groups in total. The third-order valence-electron chi connectivity index (χ3n) is 2.55. The van der Waals surface area contributed by atoms with Crippen molar-refractivity contribution in [2.24, 2.45) is 0 Å². The van der Waals surface area contributed by atoms with Crippen molar-refractivity contribution in [1.29, 1.82) is 0 Å². The lowest BCUT2D eigenvalue weighted by Gasteiger charge is -2.30. The molecule has 0 fully saturated rings. The molecule has 0 heterocycles. The van der Waals surface area contributed by atoms with E-state index in [1.807, 2.05) is 6.92 Å². The highest BCUT2D eigenvalue weighted by Gasteiger charge is 2.30. The summed E-state index contributed by atoms with van der Waals surface area (Å²) in [5.74, 6) is 0.0245.